The average Bonchev–Trinajstić information content (AvgIpc) is 3.69. The molecule has 1 fully saturated rings. The van der Waals surface area contributed by atoms with Crippen molar-refractivity contribution in [3.8, 4) is 0 Å². The van der Waals surface area contributed by atoms with Gasteiger partial charge >= 0.3 is 5.97 Å². The van der Waals surface area contributed by atoms with Crippen LogP contribution in [0.3, 0.4) is 0 Å². The van der Waals surface area contributed by atoms with Gasteiger partial charge in [0.15, 0.2) is 0 Å². The van der Waals surface area contributed by atoms with E-state index in [0.717, 1.165) is 51.7 Å². The molecule has 0 bridgehead atoms. The highest BCUT2D eigenvalue weighted by Crippen LogP contribution is 2.50. The van der Waals surface area contributed by atoms with Crippen LogP contribution in [0.5, 0.6) is 0 Å². The Morgan fingerprint density at radius 1 is 1.05 bits per heavy atom. The molecule has 1 aliphatic carbocycles. The lowest BCUT2D eigenvalue weighted by atomic mass is 9.90. The number of pyridine rings is 1. The van der Waals surface area contributed by atoms with E-state index in [-0.39, 0.29) is 17.1 Å². The van der Waals surface area contributed by atoms with Gasteiger partial charge in [-0.1, -0.05) is 78.3 Å². The second kappa shape index (κ2) is 12.5. The fourth-order valence-corrected chi connectivity index (χ4v) is 7.78. The number of rotatable bonds is 12. The highest BCUT2D eigenvalue weighted by atomic mass is 35.5. The minimum absolute atomic E-state index is 0.0553. The molecule has 2 N–H and O–H groups in total. The summed E-state index contributed by atoms with van der Waals surface area (Å²) in [7, 11) is -1.27. The molecule has 7 heteroatoms. The van der Waals surface area contributed by atoms with E-state index in [1.54, 1.807) is 13.8 Å². The van der Waals surface area contributed by atoms with Crippen molar-refractivity contribution < 1.29 is 19.2 Å². The van der Waals surface area contributed by atoms with E-state index in [9.17, 15) is 19.2 Å². The van der Waals surface area contributed by atoms with Crippen molar-refractivity contribution in [3.63, 3.8) is 0 Å². The zero-order valence-electron chi connectivity index (χ0n) is 23.9. The molecule has 1 aliphatic rings. The fraction of sp³-hybridized carbons (Fsp3) is 0.314. The van der Waals surface area contributed by atoms with Gasteiger partial charge in [0.25, 0.3) is 0 Å². The van der Waals surface area contributed by atoms with E-state index >= 15 is 0 Å². The van der Waals surface area contributed by atoms with Crippen molar-refractivity contribution in [2.75, 3.05) is 5.75 Å². The van der Waals surface area contributed by atoms with Gasteiger partial charge in [-0.25, -0.2) is 4.98 Å². The summed E-state index contributed by atoms with van der Waals surface area (Å²) in [5.41, 5.74) is 4.09. The number of aliphatic carboxylic acids is 1. The lowest BCUT2D eigenvalue weighted by Gasteiger charge is -2.24. The number of aliphatic hydroxyl groups is 1. The number of aromatic nitrogens is 1. The molecule has 0 radical (unpaired) electrons. The number of hydrogen-bond acceptors (Lipinski definition) is 4. The van der Waals surface area contributed by atoms with Crippen LogP contribution in [0.25, 0.3) is 23.1 Å². The maximum absolute atomic E-state index is 14.0. The number of halogens is 1. The molecular weight excluding hydrogens is 566 g/mol. The molecule has 3 aromatic carbocycles. The lowest BCUT2D eigenvalue weighted by molar-refractivity contribution is -0.138. The number of benzene rings is 3. The second-order valence-electron chi connectivity index (χ2n) is 11.9. The van der Waals surface area contributed by atoms with Gasteiger partial charge < -0.3 is 10.2 Å². The summed E-state index contributed by atoms with van der Waals surface area (Å²) >= 11 is 6.16. The Morgan fingerprint density at radius 3 is 2.55 bits per heavy atom. The molecule has 218 valence electrons. The number of carbonyl (C=O) groups is 1. The van der Waals surface area contributed by atoms with Crippen LogP contribution in [0.1, 0.15) is 72.7 Å². The van der Waals surface area contributed by atoms with Gasteiger partial charge in [0.05, 0.1) is 28.5 Å². The Labute approximate surface area is 254 Å². The number of fused-ring (bicyclic) bond motifs is 1. The first kappa shape index (κ1) is 30.1. The van der Waals surface area contributed by atoms with Gasteiger partial charge in [-0.2, -0.15) is 0 Å². The van der Waals surface area contributed by atoms with Crippen LogP contribution in [0.15, 0.2) is 78.9 Å². The minimum atomic E-state index is -1.27. The molecule has 0 saturated heterocycles. The van der Waals surface area contributed by atoms with E-state index in [1.807, 2.05) is 84.9 Å². The fourth-order valence-electron chi connectivity index (χ4n) is 5.59. The van der Waals surface area contributed by atoms with Crippen molar-refractivity contribution in [2.24, 2.45) is 5.41 Å². The topological polar surface area (TPSA) is 87.5 Å². The number of hydrogen-bond donors (Lipinski definition) is 2. The molecular formula is C35H36ClNO4S. The molecule has 4 aromatic rings. The normalized spacial score (nSPS) is 16.0. The van der Waals surface area contributed by atoms with Gasteiger partial charge in [0.1, 0.15) is 0 Å². The molecule has 1 heterocycles. The number of aryl methyl sites for hydroxylation is 1. The number of nitrogens with zero attached hydrogens (tertiary/aromatic N) is 1. The summed E-state index contributed by atoms with van der Waals surface area (Å²) in [6.07, 6.45) is 6.86. The Morgan fingerprint density at radius 2 is 1.81 bits per heavy atom. The standard InChI is InChI=1S/C35H36ClNO4S/c1-34(2,40)30-9-4-3-7-25(30)13-17-32(42(41)23-35(18-19-35)22-33(38)39)27-8-5-6-24(20-27)10-15-29-16-12-26-11-14-28(36)21-31(26)37-29/h3-12,14-16,20-21,32,40H,13,17-19,22-23H2,1-2H3,(H,38,39)/b15-10+/t32-,42+/m0/s1. The van der Waals surface area contributed by atoms with Crippen molar-refractivity contribution in [1.29, 1.82) is 0 Å². The largest absolute Gasteiger partial charge is 0.481 e. The SMILES string of the molecule is CC(C)(O)c1ccccc1CC[C@@H](c1cccc(/C=C/c2ccc3ccc(Cl)cc3n2)c1)[S@](=O)CC1(CC(=O)O)CC1. The molecule has 0 unspecified atom stereocenters. The van der Waals surface area contributed by atoms with Crippen LogP contribution in [0.4, 0.5) is 0 Å². The van der Waals surface area contributed by atoms with E-state index < -0.39 is 22.4 Å². The Kier molecular flexibility index (Phi) is 8.97. The van der Waals surface area contributed by atoms with Gasteiger partial charge in [-0.05, 0) is 91.5 Å². The molecule has 1 aromatic heterocycles. The van der Waals surface area contributed by atoms with Crippen molar-refractivity contribution in [3.05, 3.63) is 112 Å². The van der Waals surface area contributed by atoms with Gasteiger partial charge in [-0.3, -0.25) is 9.00 Å². The predicted molar refractivity (Wildman–Crippen MR) is 172 cm³/mol. The first-order valence-electron chi connectivity index (χ1n) is 14.3. The van der Waals surface area contributed by atoms with Gasteiger partial charge in [0, 0.05) is 27.0 Å². The average molecular weight is 602 g/mol. The minimum Gasteiger partial charge on any atom is -0.481 e. The molecule has 5 nitrogen and oxygen atoms in total. The third kappa shape index (κ3) is 7.54. The second-order valence-corrected chi connectivity index (χ2v) is 14.0. The van der Waals surface area contributed by atoms with Crippen LogP contribution < -0.4 is 0 Å². The zero-order chi connectivity index (χ0) is 29.9. The number of carboxylic acids is 1. The molecule has 5 rings (SSSR count). The van der Waals surface area contributed by atoms with Crippen molar-refractivity contribution >= 4 is 51.4 Å². The van der Waals surface area contributed by atoms with E-state index in [2.05, 4.69) is 6.07 Å². The molecule has 2 atom stereocenters. The molecule has 0 amide bonds. The summed E-state index contributed by atoms with van der Waals surface area (Å²) in [4.78, 5) is 16.2. The zero-order valence-corrected chi connectivity index (χ0v) is 25.5. The molecule has 0 aliphatic heterocycles. The van der Waals surface area contributed by atoms with Crippen molar-refractivity contribution in [1.82, 2.24) is 4.98 Å². The Balaban J connectivity index is 1.41. The quantitative estimate of drug-likeness (QED) is 0.172. The Hall–Kier alpha value is -3.32. The highest BCUT2D eigenvalue weighted by molar-refractivity contribution is 7.85. The number of carboxylic acid groups (broad SMARTS) is 1. The molecule has 0 spiro atoms. The monoisotopic (exact) mass is 601 g/mol. The van der Waals surface area contributed by atoms with Gasteiger partial charge in [0.2, 0.25) is 0 Å². The highest BCUT2D eigenvalue weighted by Gasteiger charge is 2.46. The smallest absolute Gasteiger partial charge is 0.303 e. The first-order chi connectivity index (χ1) is 20.0. The third-order valence-corrected chi connectivity index (χ3v) is 10.3. The van der Waals surface area contributed by atoms with Crippen molar-refractivity contribution in [2.45, 2.75) is 56.8 Å². The Bertz CT molecular complexity index is 1650. The van der Waals surface area contributed by atoms with Crippen LogP contribution >= 0.6 is 11.6 Å². The third-order valence-electron chi connectivity index (χ3n) is 8.01. The van der Waals surface area contributed by atoms with Crippen LogP contribution in [-0.2, 0) is 27.6 Å². The van der Waals surface area contributed by atoms with Crippen LogP contribution in [0, 0.1) is 5.41 Å². The lowest BCUT2D eigenvalue weighted by Crippen LogP contribution is -2.22. The summed E-state index contributed by atoms with van der Waals surface area (Å²) in [5.74, 6) is -0.461. The molecule has 1 saturated carbocycles. The van der Waals surface area contributed by atoms with E-state index in [0.29, 0.717) is 23.6 Å². The van der Waals surface area contributed by atoms with Crippen LogP contribution in [0.2, 0.25) is 5.02 Å². The maximum Gasteiger partial charge on any atom is 0.303 e. The van der Waals surface area contributed by atoms with E-state index in [1.165, 1.54) is 0 Å². The van der Waals surface area contributed by atoms with E-state index in [4.69, 9.17) is 16.6 Å². The summed E-state index contributed by atoms with van der Waals surface area (Å²) in [5, 5.41) is 21.6. The summed E-state index contributed by atoms with van der Waals surface area (Å²) in [6, 6.07) is 25.5. The maximum atomic E-state index is 14.0. The van der Waals surface area contributed by atoms with Crippen LogP contribution in [-0.4, -0.2) is 31.1 Å². The first-order valence-corrected chi connectivity index (χ1v) is 16.0. The molecule has 42 heavy (non-hydrogen) atoms. The summed E-state index contributed by atoms with van der Waals surface area (Å²) in [6.45, 7) is 3.55. The predicted octanol–water partition coefficient (Wildman–Crippen LogP) is 7.96. The van der Waals surface area contributed by atoms with Gasteiger partial charge in [-0.15, -0.1) is 0 Å². The summed E-state index contributed by atoms with van der Waals surface area (Å²) < 4.78 is 14.0.